The van der Waals surface area contributed by atoms with Crippen LogP contribution in [-0.4, -0.2) is 7.11 Å². The highest BCUT2D eigenvalue weighted by molar-refractivity contribution is 5.56. The zero-order chi connectivity index (χ0) is 13.7. The highest BCUT2D eigenvalue weighted by Gasteiger charge is 2.02. The number of anilines is 1. The van der Waals surface area contributed by atoms with E-state index in [0.29, 0.717) is 29.4 Å². The van der Waals surface area contributed by atoms with Crippen LogP contribution in [0.4, 0.5) is 5.69 Å². The standard InChI is InChI=1S/C15H14N2O2/c1-18-15-7-6-13(8-14(15)17)19-10-12-4-2-11(9-16)3-5-12/h2-8H,10,17H2,1H3. The van der Waals surface area contributed by atoms with Gasteiger partial charge in [0.2, 0.25) is 0 Å². The van der Waals surface area contributed by atoms with Crippen LogP contribution in [0.3, 0.4) is 0 Å². The Hall–Kier alpha value is -2.67. The molecule has 0 heterocycles. The molecule has 0 aliphatic heterocycles. The third-order valence-electron chi connectivity index (χ3n) is 2.69. The van der Waals surface area contributed by atoms with Crippen LogP contribution >= 0.6 is 0 Å². The Morgan fingerprint density at radius 1 is 1.16 bits per heavy atom. The Balaban J connectivity index is 2.02. The molecule has 0 aliphatic carbocycles. The van der Waals surface area contributed by atoms with Crippen LogP contribution < -0.4 is 15.2 Å². The predicted octanol–water partition coefficient (Wildman–Crippen LogP) is 2.73. The lowest BCUT2D eigenvalue weighted by molar-refractivity contribution is 0.305. The van der Waals surface area contributed by atoms with Gasteiger partial charge in [-0.3, -0.25) is 0 Å². The van der Waals surface area contributed by atoms with Gasteiger partial charge in [-0.2, -0.15) is 5.26 Å². The Kier molecular flexibility index (Phi) is 3.89. The number of benzene rings is 2. The van der Waals surface area contributed by atoms with Gasteiger partial charge in [-0.05, 0) is 29.8 Å². The fourth-order valence-electron chi connectivity index (χ4n) is 1.64. The van der Waals surface area contributed by atoms with Crippen molar-refractivity contribution in [3.8, 4) is 17.6 Å². The van der Waals surface area contributed by atoms with E-state index in [-0.39, 0.29) is 0 Å². The first kappa shape index (κ1) is 12.8. The van der Waals surface area contributed by atoms with Crippen LogP contribution in [-0.2, 0) is 6.61 Å². The topological polar surface area (TPSA) is 68.3 Å². The van der Waals surface area contributed by atoms with Crippen LogP contribution in [0.1, 0.15) is 11.1 Å². The summed E-state index contributed by atoms with van der Waals surface area (Å²) in [6, 6.07) is 14.6. The van der Waals surface area contributed by atoms with Crippen LogP contribution in [0, 0.1) is 11.3 Å². The summed E-state index contributed by atoms with van der Waals surface area (Å²) in [4.78, 5) is 0. The van der Waals surface area contributed by atoms with Crippen LogP contribution in [0.2, 0.25) is 0 Å². The molecule has 0 atom stereocenters. The molecule has 2 rings (SSSR count). The van der Waals surface area contributed by atoms with E-state index in [2.05, 4.69) is 6.07 Å². The van der Waals surface area contributed by atoms with Crippen molar-refractivity contribution in [2.24, 2.45) is 0 Å². The lowest BCUT2D eigenvalue weighted by Gasteiger charge is -2.09. The molecular formula is C15H14N2O2. The van der Waals surface area contributed by atoms with Gasteiger partial charge in [-0.15, -0.1) is 0 Å². The van der Waals surface area contributed by atoms with Crippen molar-refractivity contribution in [1.82, 2.24) is 0 Å². The normalized spacial score (nSPS) is 9.68. The zero-order valence-corrected chi connectivity index (χ0v) is 10.6. The SMILES string of the molecule is COc1ccc(OCc2ccc(C#N)cc2)cc1N. The molecule has 0 amide bonds. The third kappa shape index (κ3) is 3.17. The number of nitrogen functional groups attached to an aromatic ring is 1. The Labute approximate surface area is 112 Å². The Bertz CT molecular complexity index is 601. The summed E-state index contributed by atoms with van der Waals surface area (Å²) in [5.41, 5.74) is 7.97. The van der Waals surface area contributed by atoms with Gasteiger partial charge >= 0.3 is 0 Å². The molecule has 0 spiro atoms. The van der Waals surface area contributed by atoms with Crippen molar-refractivity contribution in [1.29, 1.82) is 5.26 Å². The Morgan fingerprint density at radius 3 is 2.47 bits per heavy atom. The fourth-order valence-corrected chi connectivity index (χ4v) is 1.64. The second-order valence-corrected chi connectivity index (χ2v) is 4.00. The molecule has 0 bridgehead atoms. The van der Waals surface area contributed by atoms with E-state index in [4.69, 9.17) is 20.5 Å². The van der Waals surface area contributed by atoms with Crippen LogP contribution in [0.5, 0.6) is 11.5 Å². The maximum atomic E-state index is 8.71. The molecule has 0 saturated heterocycles. The molecule has 0 radical (unpaired) electrons. The number of ether oxygens (including phenoxy) is 2. The minimum absolute atomic E-state index is 0.428. The molecule has 0 saturated carbocycles. The molecule has 0 fully saturated rings. The molecule has 0 unspecified atom stereocenters. The number of hydrogen-bond acceptors (Lipinski definition) is 4. The molecular weight excluding hydrogens is 240 g/mol. The van der Waals surface area contributed by atoms with Crippen molar-refractivity contribution in [3.63, 3.8) is 0 Å². The smallest absolute Gasteiger partial charge is 0.142 e. The van der Waals surface area contributed by atoms with E-state index in [1.807, 2.05) is 12.1 Å². The lowest BCUT2D eigenvalue weighted by atomic mass is 10.1. The van der Waals surface area contributed by atoms with Gasteiger partial charge in [0.05, 0.1) is 24.4 Å². The molecule has 2 aromatic rings. The van der Waals surface area contributed by atoms with Crippen molar-refractivity contribution in [2.75, 3.05) is 12.8 Å². The molecule has 19 heavy (non-hydrogen) atoms. The summed E-state index contributed by atoms with van der Waals surface area (Å²) < 4.78 is 10.7. The van der Waals surface area contributed by atoms with Gasteiger partial charge in [0, 0.05) is 6.07 Å². The van der Waals surface area contributed by atoms with Crippen molar-refractivity contribution >= 4 is 5.69 Å². The molecule has 4 heteroatoms. The van der Waals surface area contributed by atoms with Crippen LogP contribution in [0.25, 0.3) is 0 Å². The van der Waals surface area contributed by atoms with E-state index < -0.39 is 0 Å². The van der Waals surface area contributed by atoms with Crippen molar-refractivity contribution < 1.29 is 9.47 Å². The molecule has 2 N–H and O–H groups in total. The summed E-state index contributed by atoms with van der Waals surface area (Å²) in [6.45, 7) is 0.428. The average Bonchev–Trinajstić information content (AvgIpc) is 2.46. The quantitative estimate of drug-likeness (QED) is 0.852. The monoisotopic (exact) mass is 254 g/mol. The Morgan fingerprint density at radius 2 is 1.89 bits per heavy atom. The largest absolute Gasteiger partial charge is 0.495 e. The highest BCUT2D eigenvalue weighted by atomic mass is 16.5. The predicted molar refractivity (Wildman–Crippen MR) is 72.9 cm³/mol. The zero-order valence-electron chi connectivity index (χ0n) is 10.6. The summed E-state index contributed by atoms with van der Waals surface area (Å²) >= 11 is 0. The first-order chi connectivity index (χ1) is 9.22. The number of rotatable bonds is 4. The first-order valence-corrected chi connectivity index (χ1v) is 5.78. The number of nitrogens with two attached hydrogens (primary N) is 1. The number of nitrogens with zero attached hydrogens (tertiary/aromatic N) is 1. The second-order valence-electron chi connectivity index (χ2n) is 4.00. The maximum absolute atomic E-state index is 8.71. The number of methoxy groups -OCH3 is 1. The van der Waals surface area contributed by atoms with Crippen LogP contribution in [0.15, 0.2) is 42.5 Å². The van der Waals surface area contributed by atoms with Crippen molar-refractivity contribution in [3.05, 3.63) is 53.6 Å². The summed E-state index contributed by atoms with van der Waals surface area (Å²) in [7, 11) is 1.57. The molecule has 4 nitrogen and oxygen atoms in total. The first-order valence-electron chi connectivity index (χ1n) is 5.78. The van der Waals surface area contributed by atoms with E-state index in [1.165, 1.54) is 0 Å². The molecule has 96 valence electrons. The third-order valence-corrected chi connectivity index (χ3v) is 2.69. The highest BCUT2D eigenvalue weighted by Crippen LogP contribution is 2.26. The van der Waals surface area contributed by atoms with E-state index in [1.54, 1.807) is 37.4 Å². The number of nitriles is 1. The van der Waals surface area contributed by atoms with Gasteiger partial charge in [-0.1, -0.05) is 12.1 Å². The minimum Gasteiger partial charge on any atom is -0.495 e. The van der Waals surface area contributed by atoms with E-state index >= 15 is 0 Å². The summed E-state index contributed by atoms with van der Waals surface area (Å²) in [5.74, 6) is 1.31. The van der Waals surface area contributed by atoms with Gasteiger partial charge in [0.1, 0.15) is 18.1 Å². The summed E-state index contributed by atoms with van der Waals surface area (Å²) in [6.07, 6.45) is 0. The van der Waals surface area contributed by atoms with Gasteiger partial charge in [0.15, 0.2) is 0 Å². The minimum atomic E-state index is 0.428. The second kappa shape index (κ2) is 5.78. The molecule has 0 aliphatic rings. The number of hydrogen-bond donors (Lipinski definition) is 1. The van der Waals surface area contributed by atoms with Gasteiger partial charge in [-0.25, -0.2) is 0 Å². The van der Waals surface area contributed by atoms with Gasteiger partial charge in [0.25, 0.3) is 0 Å². The van der Waals surface area contributed by atoms with E-state index in [9.17, 15) is 0 Å². The average molecular weight is 254 g/mol. The summed E-state index contributed by atoms with van der Waals surface area (Å²) in [5, 5.41) is 8.71. The fraction of sp³-hybridized carbons (Fsp3) is 0.133. The lowest BCUT2D eigenvalue weighted by Crippen LogP contribution is -1.97. The molecule has 0 aromatic heterocycles. The van der Waals surface area contributed by atoms with Gasteiger partial charge < -0.3 is 15.2 Å². The molecule has 2 aromatic carbocycles. The van der Waals surface area contributed by atoms with Crippen molar-refractivity contribution in [2.45, 2.75) is 6.61 Å². The maximum Gasteiger partial charge on any atom is 0.142 e. The van der Waals surface area contributed by atoms with E-state index in [0.717, 1.165) is 5.56 Å².